The van der Waals surface area contributed by atoms with Crippen LogP contribution in [0, 0.1) is 3.57 Å². The van der Waals surface area contributed by atoms with Gasteiger partial charge in [0.2, 0.25) is 0 Å². The fourth-order valence-electron chi connectivity index (χ4n) is 1.11. The van der Waals surface area contributed by atoms with Gasteiger partial charge in [0.25, 0.3) is 0 Å². The number of ether oxygens (including phenoxy) is 1. The molecule has 0 aromatic heterocycles. The van der Waals surface area contributed by atoms with Crippen LogP contribution in [0.15, 0.2) is 18.2 Å². The molecule has 0 spiro atoms. The van der Waals surface area contributed by atoms with Crippen LogP contribution in [-0.2, 0) is 0 Å². The molecule has 1 N–H and O–H groups in total. The largest absolute Gasteiger partial charge is 0.490 e. The number of halogens is 1. The van der Waals surface area contributed by atoms with E-state index < -0.39 is 0 Å². The van der Waals surface area contributed by atoms with Gasteiger partial charge in [0.15, 0.2) is 0 Å². The molecule has 0 bridgehead atoms. The summed E-state index contributed by atoms with van der Waals surface area (Å²) in [6, 6.07) is 6.17. The summed E-state index contributed by atoms with van der Waals surface area (Å²) in [6.45, 7) is 1.68. The first-order valence-electron chi connectivity index (χ1n) is 3.52. The lowest BCUT2D eigenvalue weighted by Gasteiger charge is -2.18. The molecule has 0 atom stereocenters. The molecule has 58 valence electrons. The van der Waals surface area contributed by atoms with Gasteiger partial charge in [-0.25, -0.2) is 0 Å². The predicted octanol–water partition coefficient (Wildman–Crippen LogP) is 2.10. The Morgan fingerprint density at radius 1 is 1.45 bits per heavy atom. The molecule has 11 heavy (non-hydrogen) atoms. The number of benzene rings is 1. The van der Waals surface area contributed by atoms with E-state index >= 15 is 0 Å². The quantitative estimate of drug-likeness (QED) is 0.722. The average Bonchev–Trinajstić information content (AvgIpc) is 2.04. The molecule has 0 saturated carbocycles. The second-order valence-corrected chi connectivity index (χ2v) is 3.66. The molecule has 0 unspecified atom stereocenters. The predicted molar refractivity (Wildman–Crippen MR) is 53.1 cm³/mol. The summed E-state index contributed by atoms with van der Waals surface area (Å²) in [5.41, 5.74) is 1.11. The summed E-state index contributed by atoms with van der Waals surface area (Å²) in [5.74, 6) is 0.975. The first-order valence-corrected chi connectivity index (χ1v) is 4.60. The summed E-state index contributed by atoms with van der Waals surface area (Å²) in [5, 5.41) is 3.26. The van der Waals surface area contributed by atoms with Crippen molar-refractivity contribution in [2.75, 3.05) is 18.5 Å². The number of rotatable bonds is 0. The van der Waals surface area contributed by atoms with E-state index in [1.165, 1.54) is 3.57 Å². The van der Waals surface area contributed by atoms with E-state index in [9.17, 15) is 0 Å². The fourth-order valence-corrected chi connectivity index (χ4v) is 1.57. The van der Waals surface area contributed by atoms with E-state index in [-0.39, 0.29) is 0 Å². The molecule has 0 saturated heterocycles. The summed E-state index contributed by atoms with van der Waals surface area (Å²) >= 11 is 2.28. The van der Waals surface area contributed by atoms with Crippen LogP contribution in [0.1, 0.15) is 0 Å². The third-order valence-corrected chi connectivity index (χ3v) is 2.29. The van der Waals surface area contributed by atoms with Gasteiger partial charge >= 0.3 is 0 Å². The number of fused-ring (bicyclic) bond motifs is 1. The molecule has 1 aliphatic heterocycles. The zero-order valence-corrected chi connectivity index (χ0v) is 8.09. The van der Waals surface area contributed by atoms with Gasteiger partial charge < -0.3 is 10.1 Å². The van der Waals surface area contributed by atoms with Crippen molar-refractivity contribution in [1.82, 2.24) is 0 Å². The summed E-state index contributed by atoms with van der Waals surface area (Å²) in [4.78, 5) is 0. The molecule has 1 aromatic carbocycles. The molecule has 0 radical (unpaired) electrons. The van der Waals surface area contributed by atoms with Crippen LogP contribution < -0.4 is 10.1 Å². The lowest BCUT2D eigenvalue weighted by atomic mass is 10.2. The minimum Gasteiger partial charge on any atom is -0.490 e. The summed E-state index contributed by atoms with van der Waals surface area (Å²) in [7, 11) is 0. The van der Waals surface area contributed by atoms with E-state index in [2.05, 4.69) is 40.0 Å². The van der Waals surface area contributed by atoms with Crippen LogP contribution in [0.5, 0.6) is 5.75 Å². The second kappa shape index (κ2) is 2.89. The van der Waals surface area contributed by atoms with E-state index in [1.807, 2.05) is 6.07 Å². The maximum Gasteiger partial charge on any atom is 0.143 e. The number of hydrogen-bond donors (Lipinski definition) is 1. The Hall–Kier alpha value is -0.450. The fraction of sp³-hybridized carbons (Fsp3) is 0.250. The summed E-state index contributed by atoms with van der Waals surface area (Å²) in [6.07, 6.45) is 0. The van der Waals surface area contributed by atoms with Gasteiger partial charge in [0.1, 0.15) is 12.4 Å². The minimum absolute atomic E-state index is 0.771. The zero-order chi connectivity index (χ0) is 7.68. The number of anilines is 1. The molecule has 2 rings (SSSR count). The molecule has 2 nitrogen and oxygen atoms in total. The average molecular weight is 261 g/mol. The monoisotopic (exact) mass is 261 g/mol. The van der Waals surface area contributed by atoms with Gasteiger partial charge in [-0.15, -0.1) is 0 Å². The van der Waals surface area contributed by atoms with E-state index in [0.717, 1.165) is 24.6 Å². The van der Waals surface area contributed by atoms with Crippen LogP contribution >= 0.6 is 22.6 Å². The summed E-state index contributed by atoms with van der Waals surface area (Å²) < 4.78 is 6.65. The van der Waals surface area contributed by atoms with Crippen molar-refractivity contribution in [3.63, 3.8) is 0 Å². The van der Waals surface area contributed by atoms with Crippen LogP contribution in [0.4, 0.5) is 5.69 Å². The van der Waals surface area contributed by atoms with Gasteiger partial charge in [-0.1, -0.05) is 0 Å². The third kappa shape index (κ3) is 1.42. The molecule has 0 aliphatic carbocycles. The van der Waals surface area contributed by atoms with Crippen molar-refractivity contribution >= 4 is 28.3 Å². The Kier molecular flexibility index (Phi) is 1.89. The zero-order valence-electron chi connectivity index (χ0n) is 5.93. The van der Waals surface area contributed by atoms with Gasteiger partial charge in [-0.05, 0) is 40.8 Å². The SMILES string of the molecule is Ic1ccc2c(c1)OCCN2. The highest BCUT2D eigenvalue weighted by molar-refractivity contribution is 14.1. The maximum absolute atomic E-state index is 5.44. The van der Waals surface area contributed by atoms with Crippen LogP contribution in [0.2, 0.25) is 0 Å². The standard InChI is InChI=1S/C8H8INO/c9-6-1-2-7-8(5-6)11-4-3-10-7/h1-2,5,10H,3-4H2. The molecule has 1 heterocycles. The number of nitrogens with one attached hydrogen (secondary N) is 1. The lowest BCUT2D eigenvalue weighted by molar-refractivity contribution is 0.323. The third-order valence-electron chi connectivity index (χ3n) is 1.62. The number of hydrogen-bond acceptors (Lipinski definition) is 2. The van der Waals surface area contributed by atoms with Crippen molar-refractivity contribution in [3.8, 4) is 5.75 Å². The van der Waals surface area contributed by atoms with E-state index in [0.29, 0.717) is 0 Å². The van der Waals surface area contributed by atoms with Gasteiger partial charge in [-0.3, -0.25) is 0 Å². The Morgan fingerprint density at radius 2 is 2.36 bits per heavy atom. The molecule has 0 fully saturated rings. The van der Waals surface area contributed by atoms with Crippen molar-refractivity contribution in [3.05, 3.63) is 21.8 Å². The smallest absolute Gasteiger partial charge is 0.143 e. The highest BCUT2D eigenvalue weighted by Crippen LogP contribution is 2.28. The molecule has 0 amide bonds. The van der Waals surface area contributed by atoms with Crippen molar-refractivity contribution in [1.29, 1.82) is 0 Å². The first kappa shape index (κ1) is 7.21. The lowest BCUT2D eigenvalue weighted by Crippen LogP contribution is -2.17. The molecule has 1 aromatic rings. The van der Waals surface area contributed by atoms with E-state index in [4.69, 9.17) is 4.74 Å². The minimum atomic E-state index is 0.771. The highest BCUT2D eigenvalue weighted by Gasteiger charge is 2.07. The van der Waals surface area contributed by atoms with Crippen LogP contribution in [0.25, 0.3) is 0 Å². The van der Waals surface area contributed by atoms with Crippen molar-refractivity contribution in [2.24, 2.45) is 0 Å². The molecular weight excluding hydrogens is 253 g/mol. The van der Waals surface area contributed by atoms with Gasteiger partial charge in [0, 0.05) is 10.1 Å². The van der Waals surface area contributed by atoms with Crippen molar-refractivity contribution in [2.45, 2.75) is 0 Å². The highest BCUT2D eigenvalue weighted by atomic mass is 127. The normalized spacial score (nSPS) is 14.6. The Balaban J connectivity index is 2.43. The van der Waals surface area contributed by atoms with Crippen molar-refractivity contribution < 1.29 is 4.74 Å². The first-order chi connectivity index (χ1) is 5.36. The molecule has 3 heteroatoms. The van der Waals surface area contributed by atoms with E-state index in [1.54, 1.807) is 0 Å². The molecular formula is C8H8INO. The van der Waals surface area contributed by atoms with Gasteiger partial charge in [-0.2, -0.15) is 0 Å². The Labute approximate surface area is 79.1 Å². The second-order valence-electron chi connectivity index (χ2n) is 2.42. The van der Waals surface area contributed by atoms with Crippen LogP contribution in [0.3, 0.4) is 0 Å². The molecule has 1 aliphatic rings. The Bertz CT molecular complexity index is 275. The Morgan fingerprint density at radius 3 is 3.27 bits per heavy atom. The maximum atomic E-state index is 5.44. The van der Waals surface area contributed by atoms with Gasteiger partial charge in [0.05, 0.1) is 5.69 Å². The van der Waals surface area contributed by atoms with Crippen LogP contribution in [-0.4, -0.2) is 13.2 Å². The topological polar surface area (TPSA) is 21.3 Å².